The van der Waals surface area contributed by atoms with Crippen LogP contribution >= 0.6 is 0 Å². The average molecular weight is 307 g/mol. The molecule has 1 saturated heterocycles. The van der Waals surface area contributed by atoms with Gasteiger partial charge in [-0.25, -0.2) is 0 Å². The molecule has 0 spiro atoms. The number of rotatable bonds is 6. The van der Waals surface area contributed by atoms with Crippen LogP contribution in [0.3, 0.4) is 0 Å². The summed E-state index contributed by atoms with van der Waals surface area (Å²) in [6, 6.07) is 6.92. The fourth-order valence-electron chi connectivity index (χ4n) is 3.19. The molecule has 1 aliphatic rings. The zero-order valence-electron chi connectivity index (χ0n) is 14.5. The van der Waals surface area contributed by atoms with E-state index in [1.807, 2.05) is 6.07 Å². The molecule has 0 bridgehead atoms. The molecule has 1 heterocycles. The normalized spacial score (nSPS) is 21.1. The quantitative estimate of drug-likeness (QED) is 0.807. The standard InChI is InChI=1S/C18H29NO3/c1-18(2)11-16(8-9-22-18)19(3)12-14-6-7-17(21-5)15(10-14)13-20-4/h6-7,10,16H,8-9,11-13H2,1-5H3/t16-/m0/s1. The van der Waals surface area contributed by atoms with Crippen LogP contribution in [-0.2, 0) is 22.6 Å². The van der Waals surface area contributed by atoms with Gasteiger partial charge in [0.1, 0.15) is 5.75 Å². The summed E-state index contributed by atoms with van der Waals surface area (Å²) in [6.07, 6.45) is 2.17. The lowest BCUT2D eigenvalue weighted by molar-refractivity contribution is -0.0809. The van der Waals surface area contributed by atoms with Crippen molar-refractivity contribution in [3.63, 3.8) is 0 Å². The summed E-state index contributed by atoms with van der Waals surface area (Å²) in [4.78, 5) is 2.43. The van der Waals surface area contributed by atoms with E-state index in [0.29, 0.717) is 12.6 Å². The van der Waals surface area contributed by atoms with Crippen LogP contribution in [0, 0.1) is 0 Å². The molecule has 1 aromatic rings. The van der Waals surface area contributed by atoms with Gasteiger partial charge in [-0.15, -0.1) is 0 Å². The van der Waals surface area contributed by atoms with Gasteiger partial charge in [0.2, 0.25) is 0 Å². The molecule has 0 saturated carbocycles. The van der Waals surface area contributed by atoms with Gasteiger partial charge in [-0.1, -0.05) is 6.07 Å². The molecule has 0 aliphatic carbocycles. The first-order valence-corrected chi connectivity index (χ1v) is 7.94. The van der Waals surface area contributed by atoms with Crippen LogP contribution in [0.15, 0.2) is 18.2 Å². The van der Waals surface area contributed by atoms with E-state index >= 15 is 0 Å². The summed E-state index contributed by atoms with van der Waals surface area (Å²) in [7, 11) is 5.61. The molecule has 1 fully saturated rings. The first-order chi connectivity index (χ1) is 10.4. The maximum absolute atomic E-state index is 5.82. The van der Waals surface area contributed by atoms with Crippen LogP contribution in [0.1, 0.15) is 37.8 Å². The second-order valence-corrected chi connectivity index (χ2v) is 6.75. The first-order valence-electron chi connectivity index (χ1n) is 7.94. The third-order valence-corrected chi connectivity index (χ3v) is 4.37. The Bertz CT molecular complexity index is 487. The average Bonchev–Trinajstić information content (AvgIpc) is 2.47. The summed E-state index contributed by atoms with van der Waals surface area (Å²) in [5.74, 6) is 0.889. The highest BCUT2D eigenvalue weighted by atomic mass is 16.5. The van der Waals surface area contributed by atoms with E-state index in [1.165, 1.54) is 5.56 Å². The highest BCUT2D eigenvalue weighted by molar-refractivity contribution is 5.37. The van der Waals surface area contributed by atoms with E-state index in [-0.39, 0.29) is 5.60 Å². The molecule has 4 heteroatoms. The van der Waals surface area contributed by atoms with Crippen molar-refractivity contribution in [3.05, 3.63) is 29.3 Å². The Morgan fingerprint density at radius 1 is 1.32 bits per heavy atom. The molecular formula is C18H29NO3. The SMILES string of the molecule is COCc1cc(CN(C)[C@H]2CCOC(C)(C)C2)ccc1OC. The zero-order valence-corrected chi connectivity index (χ0v) is 14.5. The third-order valence-electron chi connectivity index (χ3n) is 4.37. The summed E-state index contributed by atoms with van der Waals surface area (Å²) in [5, 5.41) is 0. The molecule has 4 nitrogen and oxygen atoms in total. The highest BCUT2D eigenvalue weighted by Crippen LogP contribution is 2.28. The molecule has 0 radical (unpaired) electrons. The molecule has 0 amide bonds. The molecule has 0 aromatic heterocycles. The minimum absolute atomic E-state index is 0.0156. The van der Waals surface area contributed by atoms with Crippen molar-refractivity contribution in [1.29, 1.82) is 0 Å². The summed E-state index contributed by atoms with van der Waals surface area (Å²) < 4.78 is 16.5. The van der Waals surface area contributed by atoms with Gasteiger partial charge in [0.05, 0.1) is 19.3 Å². The van der Waals surface area contributed by atoms with Crippen LogP contribution in [-0.4, -0.2) is 44.4 Å². The Kier molecular flexibility index (Phi) is 5.84. The van der Waals surface area contributed by atoms with Crippen molar-refractivity contribution in [3.8, 4) is 5.75 Å². The van der Waals surface area contributed by atoms with Gasteiger partial charge in [0.25, 0.3) is 0 Å². The molecule has 0 N–H and O–H groups in total. The number of hydrogen-bond acceptors (Lipinski definition) is 4. The maximum Gasteiger partial charge on any atom is 0.124 e. The molecule has 22 heavy (non-hydrogen) atoms. The topological polar surface area (TPSA) is 30.9 Å². The Labute approximate surface area is 134 Å². The van der Waals surface area contributed by atoms with Crippen LogP contribution in [0.25, 0.3) is 0 Å². The van der Waals surface area contributed by atoms with Crippen molar-refractivity contribution in [2.45, 2.75) is 51.5 Å². The second kappa shape index (κ2) is 7.44. The first kappa shape index (κ1) is 17.3. The van der Waals surface area contributed by atoms with E-state index in [2.05, 4.69) is 37.9 Å². The molecule has 0 unspecified atom stereocenters. The molecular weight excluding hydrogens is 278 g/mol. The van der Waals surface area contributed by atoms with Gasteiger partial charge in [0, 0.05) is 31.9 Å². The zero-order chi connectivity index (χ0) is 16.2. The highest BCUT2D eigenvalue weighted by Gasteiger charge is 2.30. The molecule has 124 valence electrons. The Morgan fingerprint density at radius 3 is 2.73 bits per heavy atom. The Morgan fingerprint density at radius 2 is 2.09 bits per heavy atom. The predicted octanol–water partition coefficient (Wildman–Crippen LogP) is 3.23. The minimum Gasteiger partial charge on any atom is -0.496 e. The third kappa shape index (κ3) is 4.45. The van der Waals surface area contributed by atoms with Gasteiger partial charge < -0.3 is 14.2 Å². The van der Waals surface area contributed by atoms with Crippen LogP contribution in [0.2, 0.25) is 0 Å². The van der Waals surface area contributed by atoms with E-state index in [0.717, 1.165) is 37.3 Å². The van der Waals surface area contributed by atoms with Gasteiger partial charge in [-0.3, -0.25) is 4.90 Å². The largest absolute Gasteiger partial charge is 0.496 e. The fourth-order valence-corrected chi connectivity index (χ4v) is 3.19. The number of methoxy groups -OCH3 is 2. The van der Waals surface area contributed by atoms with Gasteiger partial charge in [-0.2, -0.15) is 0 Å². The monoisotopic (exact) mass is 307 g/mol. The minimum atomic E-state index is -0.0156. The fraction of sp³-hybridized carbons (Fsp3) is 0.667. The molecule has 1 aromatic carbocycles. The van der Waals surface area contributed by atoms with E-state index in [4.69, 9.17) is 14.2 Å². The summed E-state index contributed by atoms with van der Waals surface area (Å²) in [6.45, 7) is 6.71. The van der Waals surface area contributed by atoms with Crippen molar-refractivity contribution in [1.82, 2.24) is 4.90 Å². The van der Waals surface area contributed by atoms with Crippen molar-refractivity contribution in [2.75, 3.05) is 27.9 Å². The Balaban J connectivity index is 2.04. The number of nitrogens with zero attached hydrogens (tertiary/aromatic N) is 1. The molecule has 1 aliphatic heterocycles. The maximum atomic E-state index is 5.82. The molecule has 2 rings (SSSR count). The number of hydrogen-bond donors (Lipinski definition) is 0. The Hall–Kier alpha value is -1.10. The lowest BCUT2D eigenvalue weighted by Crippen LogP contribution is -2.44. The lowest BCUT2D eigenvalue weighted by atomic mass is 9.93. The van der Waals surface area contributed by atoms with Crippen LogP contribution in [0.4, 0.5) is 0 Å². The second-order valence-electron chi connectivity index (χ2n) is 6.75. The van der Waals surface area contributed by atoms with Gasteiger partial charge in [0.15, 0.2) is 0 Å². The van der Waals surface area contributed by atoms with Crippen molar-refractivity contribution in [2.24, 2.45) is 0 Å². The number of benzene rings is 1. The van der Waals surface area contributed by atoms with E-state index in [9.17, 15) is 0 Å². The van der Waals surface area contributed by atoms with Gasteiger partial charge >= 0.3 is 0 Å². The van der Waals surface area contributed by atoms with Crippen LogP contribution < -0.4 is 4.74 Å². The summed E-state index contributed by atoms with van der Waals surface area (Å²) in [5.41, 5.74) is 2.38. The predicted molar refractivity (Wildman–Crippen MR) is 88.2 cm³/mol. The van der Waals surface area contributed by atoms with Gasteiger partial charge in [-0.05, 0) is 51.4 Å². The van der Waals surface area contributed by atoms with Crippen LogP contribution in [0.5, 0.6) is 5.75 Å². The number of ether oxygens (including phenoxy) is 3. The summed E-state index contributed by atoms with van der Waals surface area (Å²) >= 11 is 0. The van der Waals surface area contributed by atoms with E-state index < -0.39 is 0 Å². The molecule has 1 atom stereocenters. The van der Waals surface area contributed by atoms with Crippen molar-refractivity contribution >= 4 is 0 Å². The smallest absolute Gasteiger partial charge is 0.124 e. The van der Waals surface area contributed by atoms with Crippen molar-refractivity contribution < 1.29 is 14.2 Å². The lowest BCUT2D eigenvalue weighted by Gasteiger charge is -2.40. The van der Waals surface area contributed by atoms with E-state index in [1.54, 1.807) is 14.2 Å².